The third-order valence-electron chi connectivity index (χ3n) is 3.91. The quantitative estimate of drug-likeness (QED) is 0.888. The highest BCUT2D eigenvalue weighted by Gasteiger charge is 2.19. The van der Waals surface area contributed by atoms with Gasteiger partial charge in [-0.25, -0.2) is 0 Å². The molecule has 1 fully saturated rings. The normalized spacial score (nSPS) is 23.1. The van der Waals surface area contributed by atoms with Crippen LogP contribution in [0, 0.1) is 5.92 Å². The van der Waals surface area contributed by atoms with Gasteiger partial charge in [0.1, 0.15) is 0 Å². The van der Waals surface area contributed by atoms with E-state index < -0.39 is 0 Å². The Morgan fingerprint density at radius 1 is 1.32 bits per heavy atom. The molecule has 1 N–H and O–H groups in total. The van der Waals surface area contributed by atoms with Crippen molar-refractivity contribution in [3.05, 3.63) is 34.9 Å². The van der Waals surface area contributed by atoms with Gasteiger partial charge in [0, 0.05) is 17.5 Å². The van der Waals surface area contributed by atoms with E-state index in [1.54, 1.807) is 0 Å². The number of carbonyl (C=O) groups excluding carboxylic acids is 1. The van der Waals surface area contributed by atoms with Crippen molar-refractivity contribution >= 4 is 17.5 Å². The molecule has 1 aromatic carbocycles. The van der Waals surface area contributed by atoms with E-state index in [1.807, 2.05) is 24.3 Å². The van der Waals surface area contributed by atoms with Crippen LogP contribution in [0.25, 0.3) is 0 Å². The number of hydrogen-bond acceptors (Lipinski definition) is 1. The summed E-state index contributed by atoms with van der Waals surface area (Å²) in [6, 6.07) is 8.12. The van der Waals surface area contributed by atoms with Crippen molar-refractivity contribution in [3.63, 3.8) is 0 Å². The Balaban J connectivity index is 1.73. The number of benzene rings is 1. The van der Waals surface area contributed by atoms with Crippen LogP contribution in [0.2, 0.25) is 5.02 Å². The Kier molecular flexibility index (Phi) is 5.26. The Hall–Kier alpha value is -1.02. The van der Waals surface area contributed by atoms with Crippen LogP contribution >= 0.6 is 11.6 Å². The van der Waals surface area contributed by atoms with Gasteiger partial charge in [0.05, 0.1) is 0 Å². The topological polar surface area (TPSA) is 29.1 Å². The average molecular weight is 280 g/mol. The maximum Gasteiger partial charge on any atom is 0.220 e. The first-order valence-corrected chi connectivity index (χ1v) is 7.55. The molecule has 0 spiro atoms. The van der Waals surface area contributed by atoms with Crippen LogP contribution in [-0.4, -0.2) is 11.9 Å². The van der Waals surface area contributed by atoms with Gasteiger partial charge < -0.3 is 5.32 Å². The highest BCUT2D eigenvalue weighted by molar-refractivity contribution is 6.30. The first-order chi connectivity index (χ1) is 9.13. The second kappa shape index (κ2) is 6.95. The highest BCUT2D eigenvalue weighted by Crippen LogP contribution is 2.23. The summed E-state index contributed by atoms with van der Waals surface area (Å²) in [5.41, 5.74) is 1.12. The number of hydrogen-bond donors (Lipinski definition) is 1. The van der Waals surface area contributed by atoms with E-state index in [2.05, 4.69) is 12.2 Å². The smallest absolute Gasteiger partial charge is 0.220 e. The van der Waals surface area contributed by atoms with Crippen molar-refractivity contribution in [2.24, 2.45) is 5.92 Å². The number of carbonyl (C=O) groups is 1. The minimum Gasteiger partial charge on any atom is -0.353 e. The van der Waals surface area contributed by atoms with E-state index in [4.69, 9.17) is 11.6 Å². The largest absolute Gasteiger partial charge is 0.353 e. The van der Waals surface area contributed by atoms with Crippen molar-refractivity contribution in [1.29, 1.82) is 0 Å². The lowest BCUT2D eigenvalue weighted by molar-refractivity contribution is -0.122. The van der Waals surface area contributed by atoms with Gasteiger partial charge in [0.2, 0.25) is 5.91 Å². The second-order valence-electron chi connectivity index (χ2n) is 5.65. The van der Waals surface area contributed by atoms with Crippen LogP contribution in [0.15, 0.2) is 24.3 Å². The van der Waals surface area contributed by atoms with Crippen molar-refractivity contribution in [2.75, 3.05) is 0 Å². The lowest BCUT2D eigenvalue weighted by Gasteiger charge is -2.26. The molecular formula is C16H22ClNO. The van der Waals surface area contributed by atoms with Crippen molar-refractivity contribution in [2.45, 2.75) is 51.5 Å². The molecule has 0 saturated heterocycles. The summed E-state index contributed by atoms with van der Waals surface area (Å²) >= 11 is 5.93. The zero-order valence-corrected chi connectivity index (χ0v) is 12.2. The molecule has 0 aromatic heterocycles. The minimum atomic E-state index is 0.166. The molecule has 0 bridgehead atoms. The summed E-state index contributed by atoms with van der Waals surface area (Å²) in [6.45, 7) is 2.29. The summed E-state index contributed by atoms with van der Waals surface area (Å²) in [7, 11) is 0. The van der Waals surface area contributed by atoms with E-state index in [0.717, 1.165) is 35.8 Å². The van der Waals surface area contributed by atoms with Crippen molar-refractivity contribution < 1.29 is 4.79 Å². The lowest BCUT2D eigenvalue weighted by atomic mass is 9.87. The molecule has 0 atom stereocenters. The predicted molar refractivity (Wildman–Crippen MR) is 79.3 cm³/mol. The van der Waals surface area contributed by atoms with Gasteiger partial charge in [-0.05, 0) is 55.7 Å². The summed E-state index contributed by atoms with van der Waals surface area (Å²) < 4.78 is 0. The second-order valence-corrected chi connectivity index (χ2v) is 6.09. The van der Waals surface area contributed by atoms with Crippen LogP contribution < -0.4 is 5.32 Å². The summed E-state index contributed by atoms with van der Waals surface area (Å²) in [5, 5.41) is 3.89. The molecule has 3 heteroatoms. The summed E-state index contributed by atoms with van der Waals surface area (Å²) in [5.74, 6) is 0.985. The van der Waals surface area contributed by atoms with Gasteiger partial charge in [0.15, 0.2) is 0 Å². The number of nitrogens with one attached hydrogen (secondary N) is 1. The fourth-order valence-electron chi connectivity index (χ4n) is 2.65. The predicted octanol–water partition coefficient (Wildman–Crippen LogP) is 3.97. The SMILES string of the molecule is C[C@H]1CC[C@H](NC(=O)CCc2cccc(Cl)c2)CC1. The Morgan fingerprint density at radius 2 is 2.05 bits per heavy atom. The van der Waals surface area contributed by atoms with Crippen LogP contribution in [-0.2, 0) is 11.2 Å². The molecule has 0 radical (unpaired) electrons. The molecule has 1 aliphatic rings. The first-order valence-electron chi connectivity index (χ1n) is 7.17. The monoisotopic (exact) mass is 279 g/mol. The molecule has 1 amide bonds. The minimum absolute atomic E-state index is 0.166. The fraction of sp³-hybridized carbons (Fsp3) is 0.562. The lowest BCUT2D eigenvalue weighted by Crippen LogP contribution is -2.37. The van der Waals surface area contributed by atoms with Crippen LogP contribution in [0.3, 0.4) is 0 Å². The highest BCUT2D eigenvalue weighted by atomic mass is 35.5. The van der Waals surface area contributed by atoms with Crippen molar-refractivity contribution in [1.82, 2.24) is 5.32 Å². The van der Waals surface area contributed by atoms with E-state index in [0.29, 0.717) is 12.5 Å². The molecule has 104 valence electrons. The molecule has 2 nitrogen and oxygen atoms in total. The molecule has 0 heterocycles. The van der Waals surface area contributed by atoms with Crippen LogP contribution in [0.1, 0.15) is 44.6 Å². The molecular weight excluding hydrogens is 258 g/mol. The van der Waals surface area contributed by atoms with Gasteiger partial charge in [-0.1, -0.05) is 30.7 Å². The fourth-order valence-corrected chi connectivity index (χ4v) is 2.87. The molecule has 2 rings (SSSR count). The van der Waals surface area contributed by atoms with Crippen molar-refractivity contribution in [3.8, 4) is 0 Å². The van der Waals surface area contributed by atoms with Gasteiger partial charge >= 0.3 is 0 Å². The Bertz CT molecular complexity index is 425. The van der Waals surface area contributed by atoms with E-state index in [1.165, 1.54) is 12.8 Å². The number of halogens is 1. The van der Waals surface area contributed by atoms with E-state index in [9.17, 15) is 4.79 Å². The Morgan fingerprint density at radius 3 is 2.74 bits per heavy atom. The maximum absolute atomic E-state index is 11.9. The molecule has 0 unspecified atom stereocenters. The summed E-state index contributed by atoms with van der Waals surface area (Å²) in [4.78, 5) is 11.9. The van der Waals surface area contributed by atoms with Crippen LogP contribution in [0.4, 0.5) is 0 Å². The zero-order valence-electron chi connectivity index (χ0n) is 11.5. The van der Waals surface area contributed by atoms with Crippen LogP contribution in [0.5, 0.6) is 0 Å². The average Bonchev–Trinajstić information content (AvgIpc) is 2.39. The van der Waals surface area contributed by atoms with Gasteiger partial charge in [-0.2, -0.15) is 0 Å². The van der Waals surface area contributed by atoms with Gasteiger partial charge in [0.25, 0.3) is 0 Å². The van der Waals surface area contributed by atoms with Gasteiger partial charge in [-0.15, -0.1) is 0 Å². The number of amides is 1. The standard InChI is InChI=1S/C16H22ClNO/c1-12-5-8-15(9-6-12)18-16(19)10-7-13-3-2-4-14(17)11-13/h2-4,11-12,15H,5-10H2,1H3,(H,18,19)/t12-,15-. The molecule has 19 heavy (non-hydrogen) atoms. The maximum atomic E-state index is 11.9. The summed E-state index contributed by atoms with van der Waals surface area (Å²) in [6.07, 6.45) is 6.04. The van der Waals surface area contributed by atoms with E-state index >= 15 is 0 Å². The molecule has 1 saturated carbocycles. The third kappa shape index (κ3) is 4.87. The zero-order chi connectivity index (χ0) is 13.7. The number of rotatable bonds is 4. The molecule has 1 aliphatic carbocycles. The van der Waals surface area contributed by atoms with E-state index in [-0.39, 0.29) is 5.91 Å². The van der Waals surface area contributed by atoms with Gasteiger partial charge in [-0.3, -0.25) is 4.79 Å². The molecule has 1 aromatic rings. The first kappa shape index (κ1) is 14.4. The number of aryl methyl sites for hydroxylation is 1. The molecule has 0 aliphatic heterocycles. The third-order valence-corrected chi connectivity index (χ3v) is 4.15. The Labute approximate surface area is 120 Å².